The van der Waals surface area contributed by atoms with Crippen molar-refractivity contribution in [1.82, 2.24) is 14.2 Å². The van der Waals surface area contributed by atoms with Gasteiger partial charge in [-0.05, 0) is 24.3 Å². The molecule has 4 rings (SSSR count). The van der Waals surface area contributed by atoms with E-state index in [9.17, 15) is 13.2 Å². The average molecular weight is 438 g/mol. The fraction of sp³-hybridized carbons (Fsp3) is 0.211. The van der Waals surface area contributed by atoms with E-state index in [2.05, 4.69) is 4.98 Å². The number of piperazine rings is 1. The van der Waals surface area contributed by atoms with Crippen molar-refractivity contribution in [3.05, 3.63) is 64.3 Å². The quantitative estimate of drug-likeness (QED) is 0.679. The lowest BCUT2D eigenvalue weighted by Crippen LogP contribution is -2.50. The highest BCUT2D eigenvalue weighted by Crippen LogP contribution is 2.31. The second-order valence-corrected chi connectivity index (χ2v) is 9.21. The first kappa shape index (κ1) is 19.3. The van der Waals surface area contributed by atoms with Crippen molar-refractivity contribution in [2.45, 2.75) is 4.90 Å². The van der Waals surface area contributed by atoms with Gasteiger partial charge in [-0.3, -0.25) is 4.79 Å². The van der Waals surface area contributed by atoms with Crippen LogP contribution in [0.2, 0.25) is 10.0 Å². The van der Waals surface area contributed by atoms with Crippen molar-refractivity contribution in [1.29, 1.82) is 0 Å². The molecule has 146 valence electrons. The lowest BCUT2D eigenvalue weighted by molar-refractivity contribution is 0.0693. The summed E-state index contributed by atoms with van der Waals surface area (Å²) in [7, 11) is -3.78. The highest BCUT2D eigenvalue weighted by atomic mass is 35.5. The number of carbonyl (C=O) groups excluding carboxylic acids is 1. The summed E-state index contributed by atoms with van der Waals surface area (Å²) in [5.41, 5.74) is 1.39. The summed E-state index contributed by atoms with van der Waals surface area (Å²) in [5, 5.41) is 1.17. The Morgan fingerprint density at radius 1 is 0.964 bits per heavy atom. The second-order valence-electron chi connectivity index (χ2n) is 6.52. The second kappa shape index (κ2) is 7.40. The Kier molecular flexibility index (Phi) is 5.09. The number of nitrogens with one attached hydrogen (secondary N) is 1. The minimum atomic E-state index is -3.78. The summed E-state index contributed by atoms with van der Waals surface area (Å²) >= 11 is 12.0. The molecule has 0 spiro atoms. The topological polar surface area (TPSA) is 73.5 Å². The van der Waals surface area contributed by atoms with Crippen molar-refractivity contribution in [2.75, 3.05) is 26.2 Å². The van der Waals surface area contributed by atoms with Crippen molar-refractivity contribution < 1.29 is 13.2 Å². The smallest absolute Gasteiger partial charge is 0.270 e. The first-order valence-electron chi connectivity index (χ1n) is 8.69. The van der Waals surface area contributed by atoms with Crippen LogP contribution in [-0.4, -0.2) is 54.7 Å². The molecule has 1 aromatic heterocycles. The van der Waals surface area contributed by atoms with Crippen molar-refractivity contribution in [3.8, 4) is 0 Å². The van der Waals surface area contributed by atoms with Gasteiger partial charge in [0.05, 0.1) is 10.0 Å². The molecular formula is C19H17Cl2N3O3S. The number of hydrogen-bond acceptors (Lipinski definition) is 3. The highest BCUT2D eigenvalue weighted by Gasteiger charge is 2.32. The van der Waals surface area contributed by atoms with E-state index in [0.29, 0.717) is 18.8 Å². The number of aromatic nitrogens is 1. The third kappa shape index (κ3) is 3.39. The number of nitrogens with zero attached hydrogens (tertiary/aromatic N) is 2. The van der Waals surface area contributed by atoms with E-state index in [1.807, 2.05) is 30.3 Å². The molecule has 9 heteroatoms. The van der Waals surface area contributed by atoms with E-state index in [0.717, 1.165) is 10.9 Å². The number of aromatic amines is 1. The van der Waals surface area contributed by atoms with Crippen LogP contribution in [0.5, 0.6) is 0 Å². The van der Waals surface area contributed by atoms with Crippen LogP contribution in [-0.2, 0) is 10.0 Å². The van der Waals surface area contributed by atoms with Crippen molar-refractivity contribution in [3.63, 3.8) is 0 Å². The predicted octanol–water partition coefficient (Wildman–Crippen LogP) is 3.62. The molecule has 1 saturated heterocycles. The highest BCUT2D eigenvalue weighted by molar-refractivity contribution is 7.89. The molecule has 0 radical (unpaired) electrons. The monoisotopic (exact) mass is 437 g/mol. The van der Waals surface area contributed by atoms with Crippen molar-refractivity contribution >= 4 is 50.0 Å². The molecule has 0 saturated carbocycles. The fourth-order valence-corrected chi connectivity index (χ4v) is 5.47. The lowest BCUT2D eigenvalue weighted by atomic mass is 10.2. The number of sulfonamides is 1. The Hall–Kier alpha value is -2.06. The standard InChI is InChI=1S/C19H17Cl2N3O3S/c20-14-5-3-7-17(18(14)21)28(26,27)24-10-8-23(9-11-24)19(25)16-12-13-4-1-2-6-15(13)22-16/h1-7,12,22H,8-11H2. The maximum absolute atomic E-state index is 12.9. The molecule has 0 aliphatic carbocycles. The van der Waals surface area contributed by atoms with Gasteiger partial charge in [0.15, 0.2) is 0 Å². The van der Waals surface area contributed by atoms with Gasteiger partial charge in [0.25, 0.3) is 5.91 Å². The van der Waals surface area contributed by atoms with Crippen molar-refractivity contribution in [2.24, 2.45) is 0 Å². The van der Waals surface area contributed by atoms with E-state index >= 15 is 0 Å². The first-order chi connectivity index (χ1) is 13.4. The number of amides is 1. The molecular weight excluding hydrogens is 421 g/mol. The zero-order valence-electron chi connectivity index (χ0n) is 14.7. The van der Waals surface area contributed by atoms with Gasteiger partial charge in [-0.1, -0.05) is 47.5 Å². The number of carbonyl (C=O) groups is 1. The van der Waals surface area contributed by atoms with Crippen LogP contribution in [0.1, 0.15) is 10.5 Å². The Morgan fingerprint density at radius 3 is 2.39 bits per heavy atom. The number of para-hydroxylation sites is 1. The van der Waals surface area contributed by atoms with Gasteiger partial charge in [0, 0.05) is 37.1 Å². The predicted molar refractivity (Wildman–Crippen MR) is 109 cm³/mol. The molecule has 1 aliphatic rings. The van der Waals surface area contributed by atoms with Gasteiger partial charge >= 0.3 is 0 Å². The summed E-state index contributed by atoms with van der Waals surface area (Å²) in [6.45, 7) is 0.978. The molecule has 2 heterocycles. The van der Waals surface area contributed by atoms with Crippen LogP contribution in [0, 0.1) is 0 Å². The summed E-state index contributed by atoms with van der Waals surface area (Å²) in [6.07, 6.45) is 0. The minimum Gasteiger partial charge on any atom is -0.351 e. The van der Waals surface area contributed by atoms with E-state index < -0.39 is 10.0 Å². The van der Waals surface area contributed by atoms with Gasteiger partial charge in [0.2, 0.25) is 10.0 Å². The number of H-pyrrole nitrogens is 1. The minimum absolute atomic E-state index is 0.0146. The van der Waals surface area contributed by atoms with Gasteiger partial charge in [-0.15, -0.1) is 0 Å². The Bertz CT molecular complexity index is 1120. The van der Waals surface area contributed by atoms with Gasteiger partial charge in [-0.2, -0.15) is 4.31 Å². The van der Waals surface area contributed by atoms with E-state index in [1.54, 1.807) is 17.0 Å². The average Bonchev–Trinajstić information content (AvgIpc) is 3.13. The number of fused-ring (bicyclic) bond motifs is 1. The van der Waals surface area contributed by atoms with Gasteiger partial charge < -0.3 is 9.88 Å². The van der Waals surface area contributed by atoms with Crippen LogP contribution < -0.4 is 0 Å². The maximum atomic E-state index is 12.9. The normalized spacial score (nSPS) is 15.9. The van der Waals surface area contributed by atoms with E-state index in [-0.39, 0.29) is 33.9 Å². The molecule has 1 amide bonds. The summed E-state index contributed by atoms with van der Waals surface area (Å²) < 4.78 is 27.1. The zero-order chi connectivity index (χ0) is 19.9. The maximum Gasteiger partial charge on any atom is 0.270 e. The van der Waals surface area contributed by atoms with Crippen LogP contribution >= 0.6 is 23.2 Å². The molecule has 2 aromatic carbocycles. The molecule has 0 atom stereocenters. The number of hydrogen-bond donors (Lipinski definition) is 1. The molecule has 6 nitrogen and oxygen atoms in total. The SMILES string of the molecule is O=C(c1cc2ccccc2[nH]1)N1CCN(S(=O)(=O)c2cccc(Cl)c2Cl)CC1. The molecule has 1 aliphatic heterocycles. The number of benzene rings is 2. The number of halogens is 2. The van der Waals surface area contributed by atoms with Crippen LogP contribution in [0.25, 0.3) is 10.9 Å². The molecule has 28 heavy (non-hydrogen) atoms. The van der Waals surface area contributed by atoms with Gasteiger partial charge in [-0.25, -0.2) is 8.42 Å². The largest absolute Gasteiger partial charge is 0.351 e. The Balaban J connectivity index is 1.49. The third-order valence-corrected chi connectivity index (χ3v) is 7.69. The Labute approximate surface area is 172 Å². The van der Waals surface area contributed by atoms with E-state index in [1.165, 1.54) is 10.4 Å². The zero-order valence-corrected chi connectivity index (χ0v) is 17.1. The van der Waals surface area contributed by atoms with E-state index in [4.69, 9.17) is 23.2 Å². The summed E-state index contributed by atoms with van der Waals surface area (Å²) in [4.78, 5) is 17.5. The number of rotatable bonds is 3. The van der Waals surface area contributed by atoms with Crippen LogP contribution in [0.4, 0.5) is 0 Å². The molecule has 0 unspecified atom stereocenters. The van der Waals surface area contributed by atoms with Crippen LogP contribution in [0.15, 0.2) is 53.4 Å². The molecule has 1 N–H and O–H groups in total. The summed E-state index contributed by atoms with van der Waals surface area (Å²) in [5.74, 6) is -0.144. The molecule has 3 aromatic rings. The van der Waals surface area contributed by atoms with Gasteiger partial charge in [0.1, 0.15) is 10.6 Å². The fourth-order valence-electron chi connectivity index (χ4n) is 3.31. The lowest BCUT2D eigenvalue weighted by Gasteiger charge is -2.34. The molecule has 1 fully saturated rings. The third-order valence-electron chi connectivity index (χ3n) is 4.82. The Morgan fingerprint density at radius 2 is 1.68 bits per heavy atom. The summed E-state index contributed by atoms with van der Waals surface area (Å²) in [6, 6.07) is 14.0. The molecule has 0 bridgehead atoms. The first-order valence-corrected chi connectivity index (χ1v) is 10.9. The van der Waals surface area contributed by atoms with Crippen LogP contribution in [0.3, 0.4) is 0 Å².